The van der Waals surface area contributed by atoms with Crippen LogP contribution in [0.15, 0.2) is 30.3 Å². The molecule has 1 aromatic carbocycles. The van der Waals surface area contributed by atoms with Gasteiger partial charge in [-0.1, -0.05) is 37.3 Å². The summed E-state index contributed by atoms with van der Waals surface area (Å²) in [5, 5.41) is 3.32. The third-order valence-corrected chi connectivity index (χ3v) is 5.16. The van der Waals surface area contributed by atoms with Crippen molar-refractivity contribution in [3.05, 3.63) is 35.9 Å². The Morgan fingerprint density at radius 2 is 1.89 bits per heavy atom. The molecule has 1 atom stereocenters. The van der Waals surface area contributed by atoms with Crippen LogP contribution in [0.2, 0.25) is 0 Å². The molecule has 4 heteroatoms. The van der Waals surface area contributed by atoms with Crippen LogP contribution in [-0.4, -0.2) is 53.8 Å². The van der Waals surface area contributed by atoms with Gasteiger partial charge in [-0.05, 0) is 12.6 Å². The molecule has 3 nitrogen and oxygen atoms in total. The highest BCUT2D eigenvalue weighted by atomic mass is 32.2. The number of benzene rings is 1. The van der Waals surface area contributed by atoms with E-state index in [0.717, 1.165) is 37.7 Å². The Balaban J connectivity index is 2.09. The molecule has 0 amide bonds. The summed E-state index contributed by atoms with van der Waals surface area (Å²) in [6, 6.07) is 10.7. The van der Waals surface area contributed by atoms with Gasteiger partial charge in [0.2, 0.25) is 0 Å². The Bertz CT molecular complexity index is 413. The van der Waals surface area contributed by atoms with Crippen molar-refractivity contribution in [2.75, 3.05) is 44.7 Å². The summed E-state index contributed by atoms with van der Waals surface area (Å²) >= 11 is 0. The second-order valence-electron chi connectivity index (χ2n) is 5.58. The van der Waals surface area contributed by atoms with Crippen LogP contribution in [0.25, 0.3) is 0 Å². The van der Waals surface area contributed by atoms with E-state index in [-0.39, 0.29) is 5.41 Å². The monoisotopic (exact) mass is 280 g/mol. The maximum Gasteiger partial charge on any atom is 0.0363 e. The lowest BCUT2D eigenvalue weighted by Crippen LogP contribution is -2.48. The van der Waals surface area contributed by atoms with E-state index >= 15 is 0 Å². The van der Waals surface area contributed by atoms with E-state index in [1.54, 1.807) is 0 Å². The Morgan fingerprint density at radius 1 is 1.26 bits per heavy atom. The maximum atomic E-state index is 11.4. The molecule has 106 valence electrons. The molecule has 1 aliphatic heterocycles. The van der Waals surface area contributed by atoms with Gasteiger partial charge < -0.3 is 10.2 Å². The summed E-state index contributed by atoms with van der Waals surface area (Å²) in [6.45, 7) is 6.20. The maximum absolute atomic E-state index is 11.4. The van der Waals surface area contributed by atoms with Gasteiger partial charge in [0.1, 0.15) is 0 Å². The topological polar surface area (TPSA) is 32.3 Å². The second kappa shape index (κ2) is 6.64. The highest BCUT2D eigenvalue weighted by Gasteiger charge is 2.29. The van der Waals surface area contributed by atoms with E-state index in [1.165, 1.54) is 5.56 Å². The zero-order valence-electron chi connectivity index (χ0n) is 11.9. The molecule has 1 aromatic rings. The third-order valence-electron chi connectivity index (χ3n) is 3.88. The normalized spacial score (nSPS) is 21.2. The smallest absolute Gasteiger partial charge is 0.0363 e. The van der Waals surface area contributed by atoms with Crippen molar-refractivity contribution < 1.29 is 4.21 Å². The van der Waals surface area contributed by atoms with Crippen LogP contribution >= 0.6 is 0 Å². The van der Waals surface area contributed by atoms with E-state index in [9.17, 15) is 4.21 Å². The number of nitrogens with zero attached hydrogens (tertiary/aromatic N) is 1. The molecule has 1 saturated heterocycles. The molecule has 0 aliphatic carbocycles. The fourth-order valence-electron chi connectivity index (χ4n) is 2.81. The van der Waals surface area contributed by atoms with E-state index in [1.807, 2.05) is 7.05 Å². The van der Waals surface area contributed by atoms with E-state index in [4.69, 9.17) is 0 Å². The van der Waals surface area contributed by atoms with Gasteiger partial charge in [0.25, 0.3) is 0 Å². The summed E-state index contributed by atoms with van der Waals surface area (Å²) < 4.78 is 11.4. The molecule has 0 radical (unpaired) electrons. The largest absolute Gasteiger partial charge is 0.319 e. The van der Waals surface area contributed by atoms with Gasteiger partial charge in [-0.2, -0.15) is 0 Å². The van der Waals surface area contributed by atoms with E-state index in [2.05, 4.69) is 47.5 Å². The van der Waals surface area contributed by atoms with Gasteiger partial charge in [0.05, 0.1) is 0 Å². The molecular formula is C15H24N2OS. The summed E-state index contributed by atoms with van der Waals surface area (Å²) in [5.41, 5.74) is 1.48. The standard InChI is InChI=1S/C15H24N2OS/c1-15(12-16-2,14-6-4-3-5-7-14)13-17-8-10-19(18)11-9-17/h3-7,16H,8-13H2,1-2H3. The lowest BCUT2D eigenvalue weighted by Gasteiger charge is -2.37. The second-order valence-corrected chi connectivity index (χ2v) is 7.28. The minimum atomic E-state index is -0.595. The number of nitrogens with one attached hydrogen (secondary N) is 1. The van der Waals surface area contributed by atoms with Crippen LogP contribution in [0.1, 0.15) is 12.5 Å². The van der Waals surface area contributed by atoms with Crippen LogP contribution in [0.4, 0.5) is 0 Å². The Morgan fingerprint density at radius 3 is 2.47 bits per heavy atom. The molecule has 1 aliphatic rings. The number of hydrogen-bond donors (Lipinski definition) is 1. The zero-order valence-corrected chi connectivity index (χ0v) is 12.7. The molecule has 2 rings (SSSR count). The molecule has 1 unspecified atom stereocenters. The molecular weight excluding hydrogens is 256 g/mol. The average Bonchev–Trinajstić information content (AvgIpc) is 2.43. The number of rotatable bonds is 5. The van der Waals surface area contributed by atoms with Crippen molar-refractivity contribution in [2.24, 2.45) is 0 Å². The third kappa shape index (κ3) is 3.88. The Labute approximate surface area is 118 Å². The predicted octanol–water partition coefficient (Wildman–Crippen LogP) is 1.23. The fraction of sp³-hybridized carbons (Fsp3) is 0.600. The van der Waals surface area contributed by atoms with Gasteiger partial charge in [-0.3, -0.25) is 4.21 Å². The van der Waals surface area contributed by atoms with Crippen molar-refractivity contribution in [3.8, 4) is 0 Å². The SMILES string of the molecule is CNCC(C)(CN1CCS(=O)CC1)c1ccccc1. The molecule has 0 saturated carbocycles. The summed E-state index contributed by atoms with van der Waals surface area (Å²) in [5.74, 6) is 1.65. The van der Waals surface area contributed by atoms with Crippen LogP contribution in [0, 0.1) is 0 Å². The van der Waals surface area contributed by atoms with Gasteiger partial charge in [0, 0.05) is 53.9 Å². The van der Waals surface area contributed by atoms with E-state index in [0.29, 0.717) is 0 Å². The van der Waals surface area contributed by atoms with Crippen molar-refractivity contribution in [1.82, 2.24) is 10.2 Å². The van der Waals surface area contributed by atoms with Gasteiger partial charge in [0.15, 0.2) is 0 Å². The molecule has 0 aromatic heterocycles. The van der Waals surface area contributed by atoms with E-state index < -0.39 is 10.8 Å². The minimum Gasteiger partial charge on any atom is -0.319 e. The van der Waals surface area contributed by atoms with Gasteiger partial charge >= 0.3 is 0 Å². The highest BCUT2D eigenvalue weighted by molar-refractivity contribution is 7.85. The van der Waals surface area contributed by atoms with Crippen LogP contribution in [0.5, 0.6) is 0 Å². The zero-order chi connectivity index (χ0) is 13.7. The van der Waals surface area contributed by atoms with Crippen molar-refractivity contribution in [1.29, 1.82) is 0 Å². The molecule has 1 N–H and O–H groups in total. The van der Waals surface area contributed by atoms with Crippen molar-refractivity contribution >= 4 is 10.8 Å². The van der Waals surface area contributed by atoms with Crippen molar-refractivity contribution in [2.45, 2.75) is 12.3 Å². The minimum absolute atomic E-state index is 0.106. The predicted molar refractivity (Wildman–Crippen MR) is 82.0 cm³/mol. The van der Waals surface area contributed by atoms with Gasteiger partial charge in [-0.15, -0.1) is 0 Å². The first kappa shape index (κ1) is 14.7. The highest BCUT2D eigenvalue weighted by Crippen LogP contribution is 2.24. The molecule has 1 heterocycles. The lowest BCUT2D eigenvalue weighted by atomic mass is 9.81. The van der Waals surface area contributed by atoms with Crippen LogP contribution < -0.4 is 5.32 Å². The fourth-order valence-corrected chi connectivity index (χ4v) is 3.94. The molecule has 19 heavy (non-hydrogen) atoms. The van der Waals surface area contributed by atoms with Crippen molar-refractivity contribution in [3.63, 3.8) is 0 Å². The molecule has 0 bridgehead atoms. The number of hydrogen-bond acceptors (Lipinski definition) is 3. The quantitative estimate of drug-likeness (QED) is 0.880. The first-order chi connectivity index (χ1) is 9.14. The average molecular weight is 280 g/mol. The summed E-state index contributed by atoms with van der Waals surface area (Å²) in [6.07, 6.45) is 0. The first-order valence-corrected chi connectivity index (χ1v) is 8.40. The Kier molecular flexibility index (Phi) is 5.13. The first-order valence-electron chi connectivity index (χ1n) is 6.91. The molecule has 0 spiro atoms. The molecule has 1 fully saturated rings. The van der Waals surface area contributed by atoms with Gasteiger partial charge in [-0.25, -0.2) is 0 Å². The lowest BCUT2D eigenvalue weighted by molar-refractivity contribution is 0.229. The summed E-state index contributed by atoms with van der Waals surface area (Å²) in [4.78, 5) is 2.45. The van der Waals surface area contributed by atoms with Crippen LogP contribution in [0.3, 0.4) is 0 Å². The Hall–Kier alpha value is -0.710. The van der Waals surface area contributed by atoms with Crippen LogP contribution in [-0.2, 0) is 16.2 Å². The summed E-state index contributed by atoms with van der Waals surface area (Å²) in [7, 11) is 1.41. The number of likely N-dealkylation sites (N-methyl/N-ethyl adjacent to an activating group) is 1.